The zero-order valence-electron chi connectivity index (χ0n) is 13.3. The van der Waals surface area contributed by atoms with Crippen molar-refractivity contribution in [1.82, 2.24) is 19.5 Å². The Kier molecular flexibility index (Phi) is 4.71. The number of carbonyl (C=O) groups excluding carboxylic acids is 1. The van der Waals surface area contributed by atoms with Crippen LogP contribution in [0, 0.1) is 0 Å². The van der Waals surface area contributed by atoms with Crippen LogP contribution in [-0.2, 0) is 28.4 Å². The smallest absolute Gasteiger partial charge is 0.355 e. The fourth-order valence-electron chi connectivity index (χ4n) is 1.79. The number of rotatable bonds is 5. The minimum atomic E-state index is -3.91. The molecule has 0 aliphatic rings. The summed E-state index contributed by atoms with van der Waals surface area (Å²) >= 11 is 0. The van der Waals surface area contributed by atoms with E-state index in [1.165, 1.54) is 17.8 Å². The second kappa shape index (κ2) is 6.41. The predicted octanol–water partition coefficient (Wildman–Crippen LogP) is -1.14. The predicted molar refractivity (Wildman–Crippen MR) is 84.5 cm³/mol. The van der Waals surface area contributed by atoms with E-state index < -0.39 is 16.0 Å². The van der Waals surface area contributed by atoms with Crippen LogP contribution >= 0.6 is 0 Å². The molecule has 0 spiro atoms. The summed E-state index contributed by atoms with van der Waals surface area (Å²) in [4.78, 5) is 25.4. The Morgan fingerprint density at radius 3 is 2.54 bits per heavy atom. The molecule has 0 atom stereocenters. The van der Waals surface area contributed by atoms with Gasteiger partial charge in [-0.3, -0.25) is 0 Å². The number of ether oxygens (including phenoxy) is 1. The standard InChI is InChI=1S/C12H17N7O4S/c1-18(2)12-16-9(15-11(13)17-12)6-23-10(20)8-4-7(5-19(8)3)24(14,21)22/h4-5H,6H2,1-3H3,(H2,14,21,22)(H2,13,15,16,17). The van der Waals surface area contributed by atoms with Gasteiger partial charge in [0, 0.05) is 27.3 Å². The summed E-state index contributed by atoms with van der Waals surface area (Å²) in [6.07, 6.45) is 1.22. The topological polar surface area (TPSA) is 159 Å². The Balaban J connectivity index is 2.16. The van der Waals surface area contributed by atoms with Gasteiger partial charge in [-0.2, -0.15) is 15.0 Å². The van der Waals surface area contributed by atoms with Crippen molar-refractivity contribution in [2.45, 2.75) is 11.5 Å². The SMILES string of the molecule is CN(C)c1nc(N)nc(COC(=O)c2cc(S(N)(=O)=O)cn2C)n1. The molecule has 0 aliphatic heterocycles. The van der Waals surface area contributed by atoms with Crippen LogP contribution in [0.3, 0.4) is 0 Å². The number of aryl methyl sites for hydroxylation is 1. The molecule has 0 aromatic carbocycles. The molecule has 0 unspecified atom stereocenters. The average molecular weight is 355 g/mol. The summed E-state index contributed by atoms with van der Waals surface area (Å²) in [6, 6.07) is 1.13. The molecule has 11 nitrogen and oxygen atoms in total. The van der Waals surface area contributed by atoms with E-state index in [0.29, 0.717) is 5.95 Å². The van der Waals surface area contributed by atoms with Crippen LogP contribution < -0.4 is 15.8 Å². The van der Waals surface area contributed by atoms with Crippen molar-refractivity contribution in [3.63, 3.8) is 0 Å². The van der Waals surface area contributed by atoms with Gasteiger partial charge in [0.15, 0.2) is 12.4 Å². The highest BCUT2D eigenvalue weighted by Gasteiger charge is 2.19. The van der Waals surface area contributed by atoms with E-state index in [9.17, 15) is 13.2 Å². The molecule has 0 fully saturated rings. The van der Waals surface area contributed by atoms with Crippen molar-refractivity contribution in [2.24, 2.45) is 12.2 Å². The van der Waals surface area contributed by atoms with Gasteiger partial charge in [0.05, 0.1) is 0 Å². The van der Waals surface area contributed by atoms with Crippen LogP contribution in [0.2, 0.25) is 0 Å². The van der Waals surface area contributed by atoms with Gasteiger partial charge in [-0.1, -0.05) is 0 Å². The van der Waals surface area contributed by atoms with Crippen molar-refractivity contribution in [2.75, 3.05) is 24.7 Å². The molecule has 24 heavy (non-hydrogen) atoms. The van der Waals surface area contributed by atoms with E-state index in [-0.39, 0.29) is 29.0 Å². The highest BCUT2D eigenvalue weighted by Crippen LogP contribution is 2.14. The van der Waals surface area contributed by atoms with Crippen LogP contribution in [0.5, 0.6) is 0 Å². The van der Waals surface area contributed by atoms with Gasteiger partial charge in [0.25, 0.3) is 0 Å². The molecule has 4 N–H and O–H groups in total. The second-order valence-electron chi connectivity index (χ2n) is 5.10. The monoisotopic (exact) mass is 355 g/mol. The van der Waals surface area contributed by atoms with E-state index >= 15 is 0 Å². The summed E-state index contributed by atoms with van der Waals surface area (Å²) in [6.45, 7) is -0.248. The number of hydrogen-bond acceptors (Lipinski definition) is 9. The minimum absolute atomic E-state index is 0.00451. The highest BCUT2D eigenvalue weighted by molar-refractivity contribution is 7.89. The average Bonchev–Trinajstić information content (AvgIpc) is 2.86. The molecule has 0 saturated carbocycles. The first-order chi connectivity index (χ1) is 11.1. The lowest BCUT2D eigenvalue weighted by molar-refractivity contribution is 0.0451. The van der Waals surface area contributed by atoms with Gasteiger partial charge < -0.3 is 19.9 Å². The molecular formula is C12H17N7O4S. The van der Waals surface area contributed by atoms with E-state index in [2.05, 4.69) is 15.0 Å². The van der Waals surface area contributed by atoms with E-state index in [1.807, 2.05) is 0 Å². The first-order valence-electron chi connectivity index (χ1n) is 6.62. The maximum absolute atomic E-state index is 12.1. The molecule has 0 saturated heterocycles. The number of carbonyl (C=O) groups is 1. The first-order valence-corrected chi connectivity index (χ1v) is 8.16. The van der Waals surface area contributed by atoms with Crippen LogP contribution in [0.1, 0.15) is 16.3 Å². The number of anilines is 2. The third-order valence-corrected chi connectivity index (χ3v) is 3.82. The van der Waals surface area contributed by atoms with Gasteiger partial charge in [-0.05, 0) is 6.07 Å². The Hall–Kier alpha value is -2.73. The molecule has 0 aliphatic carbocycles. The number of sulfonamides is 1. The van der Waals surface area contributed by atoms with Crippen LogP contribution in [0.25, 0.3) is 0 Å². The zero-order chi connectivity index (χ0) is 18.1. The fraction of sp³-hybridized carbons (Fsp3) is 0.333. The molecule has 130 valence electrons. The van der Waals surface area contributed by atoms with E-state index in [0.717, 1.165) is 6.07 Å². The van der Waals surface area contributed by atoms with Gasteiger partial charge in [-0.15, -0.1) is 0 Å². The van der Waals surface area contributed by atoms with Crippen LogP contribution in [0.15, 0.2) is 17.2 Å². The number of nitrogens with two attached hydrogens (primary N) is 2. The maximum atomic E-state index is 12.1. The van der Waals surface area contributed by atoms with E-state index in [4.69, 9.17) is 15.6 Å². The second-order valence-corrected chi connectivity index (χ2v) is 6.66. The minimum Gasteiger partial charge on any atom is -0.453 e. The number of primary sulfonamides is 1. The lowest BCUT2D eigenvalue weighted by Crippen LogP contribution is -2.17. The molecule has 0 radical (unpaired) electrons. The van der Waals surface area contributed by atoms with Crippen molar-refractivity contribution >= 4 is 27.9 Å². The number of aromatic nitrogens is 4. The first kappa shape index (κ1) is 17.6. The van der Waals surface area contributed by atoms with Gasteiger partial charge >= 0.3 is 5.97 Å². The quantitative estimate of drug-likeness (QED) is 0.632. The molecule has 2 aromatic heterocycles. The maximum Gasteiger partial charge on any atom is 0.355 e. The number of nitrogen functional groups attached to an aromatic ring is 1. The third-order valence-electron chi connectivity index (χ3n) is 2.94. The molecule has 0 amide bonds. The number of esters is 1. The molecular weight excluding hydrogens is 338 g/mol. The molecule has 0 bridgehead atoms. The molecule has 2 aromatic rings. The number of hydrogen-bond donors (Lipinski definition) is 2. The van der Waals surface area contributed by atoms with Crippen LogP contribution in [0.4, 0.5) is 11.9 Å². The summed E-state index contributed by atoms with van der Waals surface area (Å²) in [5, 5.41) is 5.03. The Morgan fingerprint density at radius 1 is 1.33 bits per heavy atom. The van der Waals surface area contributed by atoms with Crippen molar-refractivity contribution < 1.29 is 17.9 Å². The summed E-state index contributed by atoms with van der Waals surface area (Å²) in [5.74, 6) is -0.266. The van der Waals surface area contributed by atoms with E-state index in [1.54, 1.807) is 19.0 Å². The Morgan fingerprint density at radius 2 is 2.00 bits per heavy atom. The van der Waals surface area contributed by atoms with Gasteiger partial charge in [0.1, 0.15) is 10.6 Å². The molecule has 2 rings (SSSR count). The highest BCUT2D eigenvalue weighted by atomic mass is 32.2. The summed E-state index contributed by atoms with van der Waals surface area (Å²) in [5.41, 5.74) is 5.60. The largest absolute Gasteiger partial charge is 0.453 e. The summed E-state index contributed by atoms with van der Waals surface area (Å²) < 4.78 is 29.0. The zero-order valence-corrected chi connectivity index (χ0v) is 14.1. The molecule has 12 heteroatoms. The van der Waals surface area contributed by atoms with Crippen molar-refractivity contribution in [1.29, 1.82) is 0 Å². The lowest BCUT2D eigenvalue weighted by atomic mass is 10.4. The van der Waals surface area contributed by atoms with Gasteiger partial charge in [-0.25, -0.2) is 18.4 Å². The van der Waals surface area contributed by atoms with Crippen molar-refractivity contribution in [3.05, 3.63) is 23.8 Å². The Labute approximate surface area is 138 Å². The summed E-state index contributed by atoms with van der Waals surface area (Å²) in [7, 11) is 1.04. The number of nitrogens with zero attached hydrogens (tertiary/aromatic N) is 5. The third kappa shape index (κ3) is 3.97. The Bertz CT molecular complexity index is 876. The van der Waals surface area contributed by atoms with Gasteiger partial charge in [0.2, 0.25) is 21.9 Å². The van der Waals surface area contributed by atoms with Crippen LogP contribution in [-0.4, -0.2) is 48.0 Å². The van der Waals surface area contributed by atoms with Crippen molar-refractivity contribution in [3.8, 4) is 0 Å². The fourth-order valence-corrected chi connectivity index (χ4v) is 2.37. The lowest BCUT2D eigenvalue weighted by Gasteiger charge is -2.11. The molecule has 2 heterocycles. The normalized spacial score (nSPS) is 11.3.